The van der Waals surface area contributed by atoms with Gasteiger partial charge in [0.2, 0.25) is 5.91 Å². The molecular weight excluding hydrogens is 318 g/mol. The second kappa shape index (κ2) is 8.85. The number of carbonyl (C=O) groups is 2. The number of hydrogen-bond donors (Lipinski definition) is 1. The molecule has 1 aromatic rings. The van der Waals surface area contributed by atoms with Crippen molar-refractivity contribution < 1.29 is 14.3 Å². The molecule has 6 nitrogen and oxygen atoms in total. The minimum atomic E-state index is -0.501. The highest BCUT2D eigenvalue weighted by Gasteiger charge is 2.35. The number of likely N-dealkylation sites (tertiary alicyclic amines) is 1. The van der Waals surface area contributed by atoms with Crippen molar-refractivity contribution in [1.82, 2.24) is 9.80 Å². The number of likely N-dealkylation sites (N-methyl/N-ethyl adjacent to an activating group) is 1. The number of ether oxygens (including phenoxy) is 1. The van der Waals surface area contributed by atoms with Gasteiger partial charge >= 0.3 is 6.09 Å². The fraction of sp³-hybridized carbons (Fsp3) is 0.579. The maximum absolute atomic E-state index is 12.6. The van der Waals surface area contributed by atoms with E-state index in [0.29, 0.717) is 19.6 Å². The van der Waals surface area contributed by atoms with E-state index in [1.54, 1.807) is 9.80 Å². The lowest BCUT2D eigenvalue weighted by Crippen LogP contribution is -2.51. The van der Waals surface area contributed by atoms with E-state index in [0.717, 1.165) is 12.0 Å². The van der Waals surface area contributed by atoms with Gasteiger partial charge in [-0.15, -0.1) is 0 Å². The predicted octanol–water partition coefficient (Wildman–Crippen LogP) is 2.23. The summed E-state index contributed by atoms with van der Waals surface area (Å²) >= 11 is 0. The highest BCUT2D eigenvalue weighted by molar-refractivity contribution is 5.82. The van der Waals surface area contributed by atoms with Crippen LogP contribution in [0.3, 0.4) is 0 Å². The zero-order valence-electron chi connectivity index (χ0n) is 15.4. The summed E-state index contributed by atoms with van der Waals surface area (Å²) in [5, 5.41) is 0. The lowest BCUT2D eigenvalue weighted by Gasteiger charge is -2.31. The molecule has 2 amide bonds. The molecule has 0 spiro atoms. The van der Waals surface area contributed by atoms with Crippen LogP contribution in [0.5, 0.6) is 0 Å². The number of hydrogen-bond acceptors (Lipinski definition) is 4. The van der Waals surface area contributed by atoms with Gasteiger partial charge in [-0.2, -0.15) is 0 Å². The largest absolute Gasteiger partial charge is 0.445 e. The normalized spacial score (nSPS) is 18.3. The van der Waals surface area contributed by atoms with Crippen LogP contribution in [0.2, 0.25) is 0 Å². The van der Waals surface area contributed by atoms with Crippen LogP contribution >= 0.6 is 0 Å². The zero-order chi connectivity index (χ0) is 18.4. The summed E-state index contributed by atoms with van der Waals surface area (Å²) in [5.41, 5.74) is 6.97. The van der Waals surface area contributed by atoms with Gasteiger partial charge in [-0.3, -0.25) is 4.79 Å². The molecule has 2 rings (SSSR count). The highest BCUT2D eigenvalue weighted by atomic mass is 16.6. The maximum atomic E-state index is 12.6. The predicted molar refractivity (Wildman–Crippen MR) is 96.8 cm³/mol. The molecule has 1 aliphatic heterocycles. The van der Waals surface area contributed by atoms with Crippen molar-refractivity contribution in [2.24, 2.45) is 11.7 Å². The Morgan fingerprint density at radius 1 is 1.32 bits per heavy atom. The fourth-order valence-electron chi connectivity index (χ4n) is 3.04. The van der Waals surface area contributed by atoms with Gasteiger partial charge in [0.25, 0.3) is 0 Å². The van der Waals surface area contributed by atoms with Crippen molar-refractivity contribution in [3.63, 3.8) is 0 Å². The van der Waals surface area contributed by atoms with E-state index in [1.165, 1.54) is 0 Å². The zero-order valence-corrected chi connectivity index (χ0v) is 15.4. The average molecular weight is 347 g/mol. The number of nitrogens with zero attached hydrogens (tertiary/aromatic N) is 2. The van der Waals surface area contributed by atoms with Crippen molar-refractivity contribution >= 4 is 12.0 Å². The standard InChI is InChI=1S/C19H29N3O3/c1-4-22(18(23)17(20)14(2)3)16-10-11-21(12-16)19(24)25-13-15-8-6-5-7-9-15/h5-9,14,16-17H,4,10-13,20H2,1-3H3/t16-,17+/m1/s1. The van der Waals surface area contributed by atoms with E-state index in [4.69, 9.17) is 10.5 Å². The summed E-state index contributed by atoms with van der Waals surface area (Å²) in [5.74, 6) is 0.0527. The van der Waals surface area contributed by atoms with E-state index < -0.39 is 6.04 Å². The van der Waals surface area contributed by atoms with Crippen molar-refractivity contribution in [2.75, 3.05) is 19.6 Å². The lowest BCUT2D eigenvalue weighted by molar-refractivity contribution is -0.135. The van der Waals surface area contributed by atoms with Gasteiger partial charge in [0.1, 0.15) is 6.61 Å². The first-order valence-corrected chi connectivity index (χ1v) is 8.95. The first-order valence-electron chi connectivity index (χ1n) is 8.95. The highest BCUT2D eigenvalue weighted by Crippen LogP contribution is 2.19. The SMILES string of the molecule is CCN(C(=O)[C@@H](N)C(C)C)[C@@H]1CCN(C(=O)OCc2ccccc2)C1. The van der Waals surface area contributed by atoms with Crippen molar-refractivity contribution in [3.05, 3.63) is 35.9 Å². The monoisotopic (exact) mass is 347 g/mol. The molecule has 2 N–H and O–H groups in total. The van der Waals surface area contributed by atoms with Crippen LogP contribution in [-0.2, 0) is 16.1 Å². The second-order valence-electron chi connectivity index (χ2n) is 6.82. The summed E-state index contributed by atoms with van der Waals surface area (Å²) < 4.78 is 5.38. The molecular formula is C19H29N3O3. The number of carbonyl (C=O) groups excluding carboxylic acids is 2. The average Bonchev–Trinajstić information content (AvgIpc) is 3.10. The molecule has 2 atom stereocenters. The first-order chi connectivity index (χ1) is 11.9. The number of amides is 2. The van der Waals surface area contributed by atoms with Gasteiger partial charge in [0.15, 0.2) is 0 Å². The minimum absolute atomic E-state index is 0.00609. The van der Waals surface area contributed by atoms with Gasteiger partial charge < -0.3 is 20.3 Å². The Labute approximate surface area is 149 Å². The number of benzene rings is 1. The Kier molecular flexibility index (Phi) is 6.82. The summed E-state index contributed by atoms with van der Waals surface area (Å²) in [6, 6.07) is 9.10. The van der Waals surface area contributed by atoms with E-state index in [-0.39, 0.29) is 30.6 Å². The van der Waals surface area contributed by atoms with Crippen molar-refractivity contribution in [1.29, 1.82) is 0 Å². The molecule has 1 heterocycles. The van der Waals surface area contributed by atoms with Gasteiger partial charge in [-0.05, 0) is 24.8 Å². The van der Waals surface area contributed by atoms with E-state index in [1.807, 2.05) is 51.1 Å². The van der Waals surface area contributed by atoms with Crippen molar-refractivity contribution in [2.45, 2.75) is 45.9 Å². The van der Waals surface area contributed by atoms with Crippen LogP contribution in [0.4, 0.5) is 4.79 Å². The molecule has 138 valence electrons. The third kappa shape index (κ3) is 4.95. The topological polar surface area (TPSA) is 75.9 Å². The Morgan fingerprint density at radius 3 is 2.60 bits per heavy atom. The van der Waals surface area contributed by atoms with Crippen LogP contribution < -0.4 is 5.73 Å². The maximum Gasteiger partial charge on any atom is 0.410 e. The summed E-state index contributed by atoms with van der Waals surface area (Å²) in [7, 11) is 0. The van der Waals surface area contributed by atoms with E-state index in [9.17, 15) is 9.59 Å². The Morgan fingerprint density at radius 2 is 2.00 bits per heavy atom. The molecule has 1 aliphatic rings. The molecule has 1 fully saturated rings. The van der Waals surface area contributed by atoms with Gasteiger partial charge in [0.05, 0.1) is 12.1 Å². The summed E-state index contributed by atoms with van der Waals surface area (Å²) in [6.07, 6.45) is 0.424. The number of rotatable bonds is 6. The number of nitrogens with two attached hydrogens (primary N) is 1. The van der Waals surface area contributed by atoms with Crippen LogP contribution in [-0.4, -0.2) is 53.5 Å². The Hall–Kier alpha value is -2.08. The van der Waals surface area contributed by atoms with Gasteiger partial charge in [0, 0.05) is 19.6 Å². The molecule has 1 aromatic carbocycles. The van der Waals surface area contributed by atoms with Gasteiger partial charge in [-0.1, -0.05) is 44.2 Å². The fourth-order valence-corrected chi connectivity index (χ4v) is 3.04. The van der Waals surface area contributed by atoms with Crippen LogP contribution in [0.25, 0.3) is 0 Å². The molecule has 0 radical (unpaired) electrons. The minimum Gasteiger partial charge on any atom is -0.445 e. The molecule has 25 heavy (non-hydrogen) atoms. The van der Waals surface area contributed by atoms with Gasteiger partial charge in [-0.25, -0.2) is 4.79 Å². The summed E-state index contributed by atoms with van der Waals surface area (Å²) in [6.45, 7) is 7.78. The molecule has 1 saturated heterocycles. The third-order valence-corrected chi connectivity index (χ3v) is 4.69. The molecule has 0 bridgehead atoms. The molecule has 0 unspecified atom stereocenters. The molecule has 6 heteroatoms. The Balaban J connectivity index is 1.88. The first kappa shape index (κ1) is 19.2. The molecule has 0 aromatic heterocycles. The van der Waals surface area contributed by atoms with Crippen LogP contribution in [0.15, 0.2) is 30.3 Å². The lowest BCUT2D eigenvalue weighted by atomic mass is 10.0. The van der Waals surface area contributed by atoms with Crippen LogP contribution in [0.1, 0.15) is 32.8 Å². The molecule has 0 aliphatic carbocycles. The van der Waals surface area contributed by atoms with E-state index in [2.05, 4.69) is 0 Å². The molecule has 0 saturated carbocycles. The quantitative estimate of drug-likeness (QED) is 0.856. The smallest absolute Gasteiger partial charge is 0.410 e. The van der Waals surface area contributed by atoms with Crippen LogP contribution in [0, 0.1) is 5.92 Å². The second-order valence-corrected chi connectivity index (χ2v) is 6.82. The summed E-state index contributed by atoms with van der Waals surface area (Å²) in [4.78, 5) is 28.3. The van der Waals surface area contributed by atoms with Crippen molar-refractivity contribution in [3.8, 4) is 0 Å². The van der Waals surface area contributed by atoms with E-state index >= 15 is 0 Å². The Bertz CT molecular complexity index is 577. The third-order valence-electron chi connectivity index (χ3n) is 4.69.